The van der Waals surface area contributed by atoms with Gasteiger partial charge in [-0.05, 0) is 24.6 Å². The van der Waals surface area contributed by atoms with E-state index in [9.17, 15) is 9.59 Å². The number of aromatic nitrogens is 4. The largest absolute Gasteiger partial charge is 0.345 e. The van der Waals surface area contributed by atoms with Gasteiger partial charge in [0.25, 0.3) is 5.91 Å². The Balaban J connectivity index is 1.42. The summed E-state index contributed by atoms with van der Waals surface area (Å²) < 4.78 is 3.76. The molecule has 8 nitrogen and oxygen atoms in total. The van der Waals surface area contributed by atoms with Crippen LogP contribution >= 0.6 is 0 Å². The second-order valence-corrected chi connectivity index (χ2v) is 7.50. The van der Waals surface area contributed by atoms with Crippen LogP contribution in [0.5, 0.6) is 0 Å². The maximum Gasteiger partial charge on any atom is 0.271 e. The van der Waals surface area contributed by atoms with E-state index in [0.29, 0.717) is 31.9 Å². The quantitative estimate of drug-likeness (QED) is 0.748. The van der Waals surface area contributed by atoms with Gasteiger partial charge in [0.15, 0.2) is 0 Å². The van der Waals surface area contributed by atoms with E-state index in [1.807, 2.05) is 59.1 Å². The van der Waals surface area contributed by atoms with E-state index in [2.05, 4.69) is 15.4 Å². The molecule has 0 fully saturated rings. The Hall–Kier alpha value is -3.16. The molecule has 0 aromatic carbocycles. The molecule has 0 spiro atoms. The number of nitrogens with zero attached hydrogens (tertiary/aromatic N) is 5. The first-order chi connectivity index (χ1) is 13.4. The van der Waals surface area contributed by atoms with Crippen molar-refractivity contribution in [3.63, 3.8) is 0 Å². The van der Waals surface area contributed by atoms with Gasteiger partial charge in [-0.2, -0.15) is 5.10 Å². The molecule has 0 saturated carbocycles. The SMILES string of the molecule is Cc1cccn2cc(C(=O)NCc3cc4n(n3)CCN(C(=O)C(C)C)C4)nc12. The predicted octanol–water partition coefficient (Wildman–Crippen LogP) is 1.77. The molecule has 1 aliphatic heterocycles. The normalized spacial score (nSPS) is 13.8. The van der Waals surface area contributed by atoms with Crippen LogP contribution in [-0.2, 0) is 24.4 Å². The molecule has 0 saturated heterocycles. The van der Waals surface area contributed by atoms with E-state index in [4.69, 9.17) is 0 Å². The highest BCUT2D eigenvalue weighted by Gasteiger charge is 2.24. The molecular formula is C20H24N6O2. The molecule has 4 heterocycles. The summed E-state index contributed by atoms with van der Waals surface area (Å²) in [5.74, 6) is -0.0857. The van der Waals surface area contributed by atoms with Crippen LogP contribution in [0, 0.1) is 12.8 Å². The maximum absolute atomic E-state index is 12.5. The van der Waals surface area contributed by atoms with Gasteiger partial charge >= 0.3 is 0 Å². The van der Waals surface area contributed by atoms with Crippen molar-refractivity contribution in [3.05, 3.63) is 53.2 Å². The summed E-state index contributed by atoms with van der Waals surface area (Å²) in [6.45, 7) is 8.01. The van der Waals surface area contributed by atoms with E-state index in [0.717, 1.165) is 22.6 Å². The number of amides is 2. The van der Waals surface area contributed by atoms with Crippen LogP contribution in [0.2, 0.25) is 0 Å². The van der Waals surface area contributed by atoms with Crippen molar-refractivity contribution in [2.45, 2.75) is 40.4 Å². The summed E-state index contributed by atoms with van der Waals surface area (Å²) in [6, 6.07) is 5.84. The van der Waals surface area contributed by atoms with Crippen molar-refractivity contribution in [3.8, 4) is 0 Å². The van der Waals surface area contributed by atoms with Crippen LogP contribution in [0.1, 0.15) is 41.3 Å². The Labute approximate surface area is 163 Å². The van der Waals surface area contributed by atoms with Crippen LogP contribution in [0.4, 0.5) is 0 Å². The highest BCUT2D eigenvalue weighted by Crippen LogP contribution is 2.16. The van der Waals surface area contributed by atoms with E-state index in [-0.39, 0.29) is 17.7 Å². The summed E-state index contributed by atoms with van der Waals surface area (Å²) >= 11 is 0. The molecule has 1 aliphatic rings. The first-order valence-corrected chi connectivity index (χ1v) is 9.49. The molecule has 0 unspecified atom stereocenters. The number of nitrogens with one attached hydrogen (secondary N) is 1. The Morgan fingerprint density at radius 2 is 2.11 bits per heavy atom. The van der Waals surface area contributed by atoms with Gasteiger partial charge in [-0.3, -0.25) is 14.3 Å². The van der Waals surface area contributed by atoms with Crippen molar-refractivity contribution in [2.75, 3.05) is 6.54 Å². The third kappa shape index (κ3) is 3.37. The van der Waals surface area contributed by atoms with Gasteiger partial charge in [-0.25, -0.2) is 4.98 Å². The number of aryl methyl sites for hydroxylation is 1. The number of imidazole rings is 1. The molecule has 3 aromatic rings. The zero-order chi connectivity index (χ0) is 19.8. The molecule has 2 amide bonds. The van der Waals surface area contributed by atoms with Crippen molar-refractivity contribution in [2.24, 2.45) is 5.92 Å². The minimum Gasteiger partial charge on any atom is -0.345 e. The second kappa shape index (κ2) is 7.10. The van der Waals surface area contributed by atoms with Crippen LogP contribution < -0.4 is 5.32 Å². The highest BCUT2D eigenvalue weighted by molar-refractivity contribution is 5.92. The standard InChI is InChI=1S/C20H24N6O2/c1-13(2)20(28)25-7-8-26-16(11-25)9-15(23-26)10-21-19(27)17-12-24-6-4-5-14(3)18(24)22-17/h4-6,9,12-13H,7-8,10-11H2,1-3H3,(H,21,27). The number of carbonyl (C=O) groups is 2. The number of rotatable bonds is 4. The van der Waals surface area contributed by atoms with Gasteiger partial charge in [0.2, 0.25) is 5.91 Å². The predicted molar refractivity (Wildman–Crippen MR) is 104 cm³/mol. The smallest absolute Gasteiger partial charge is 0.271 e. The van der Waals surface area contributed by atoms with E-state index in [1.165, 1.54) is 0 Å². The minimum absolute atomic E-state index is 0.0118. The average Bonchev–Trinajstić information content (AvgIpc) is 3.29. The van der Waals surface area contributed by atoms with Gasteiger partial charge in [0.1, 0.15) is 11.3 Å². The average molecular weight is 380 g/mol. The summed E-state index contributed by atoms with van der Waals surface area (Å²) in [4.78, 5) is 31.0. The van der Waals surface area contributed by atoms with Gasteiger partial charge in [0, 0.05) is 24.9 Å². The fourth-order valence-corrected chi connectivity index (χ4v) is 3.49. The van der Waals surface area contributed by atoms with Crippen molar-refractivity contribution in [1.82, 2.24) is 29.4 Å². The third-order valence-corrected chi connectivity index (χ3v) is 4.99. The fourth-order valence-electron chi connectivity index (χ4n) is 3.49. The molecule has 8 heteroatoms. The number of pyridine rings is 1. The van der Waals surface area contributed by atoms with Crippen LogP contribution in [0.25, 0.3) is 5.65 Å². The van der Waals surface area contributed by atoms with Crippen molar-refractivity contribution < 1.29 is 9.59 Å². The van der Waals surface area contributed by atoms with Crippen molar-refractivity contribution in [1.29, 1.82) is 0 Å². The first-order valence-electron chi connectivity index (χ1n) is 9.49. The molecule has 0 bridgehead atoms. The highest BCUT2D eigenvalue weighted by atomic mass is 16.2. The molecule has 4 rings (SSSR count). The van der Waals surface area contributed by atoms with Gasteiger partial charge < -0.3 is 14.6 Å². The molecule has 0 atom stereocenters. The zero-order valence-electron chi connectivity index (χ0n) is 16.3. The topological polar surface area (TPSA) is 84.5 Å². The lowest BCUT2D eigenvalue weighted by molar-refractivity contribution is -0.136. The molecular weight excluding hydrogens is 356 g/mol. The van der Waals surface area contributed by atoms with Crippen LogP contribution in [0.15, 0.2) is 30.6 Å². The molecule has 146 valence electrons. The lowest BCUT2D eigenvalue weighted by atomic mass is 10.1. The Kier molecular flexibility index (Phi) is 4.62. The first kappa shape index (κ1) is 18.2. The molecule has 1 N–H and O–H groups in total. The Morgan fingerprint density at radius 3 is 2.86 bits per heavy atom. The second-order valence-electron chi connectivity index (χ2n) is 7.50. The number of hydrogen-bond acceptors (Lipinski definition) is 4. The Morgan fingerprint density at radius 1 is 1.29 bits per heavy atom. The third-order valence-electron chi connectivity index (χ3n) is 4.99. The van der Waals surface area contributed by atoms with Gasteiger partial charge in [-0.1, -0.05) is 19.9 Å². The minimum atomic E-state index is -0.231. The molecule has 28 heavy (non-hydrogen) atoms. The van der Waals surface area contributed by atoms with Gasteiger partial charge in [-0.15, -0.1) is 0 Å². The summed E-state index contributed by atoms with van der Waals surface area (Å²) in [6.07, 6.45) is 3.60. The number of fused-ring (bicyclic) bond motifs is 2. The molecule has 0 aliphatic carbocycles. The fraction of sp³-hybridized carbons (Fsp3) is 0.400. The zero-order valence-corrected chi connectivity index (χ0v) is 16.3. The lowest BCUT2D eigenvalue weighted by Crippen LogP contribution is -2.40. The summed E-state index contributed by atoms with van der Waals surface area (Å²) in [5.41, 5.74) is 3.95. The van der Waals surface area contributed by atoms with Gasteiger partial charge in [0.05, 0.1) is 31.0 Å². The molecule has 3 aromatic heterocycles. The van der Waals surface area contributed by atoms with Crippen molar-refractivity contribution >= 4 is 17.5 Å². The van der Waals surface area contributed by atoms with E-state index >= 15 is 0 Å². The van der Waals surface area contributed by atoms with E-state index < -0.39 is 0 Å². The molecule has 0 radical (unpaired) electrons. The maximum atomic E-state index is 12.5. The number of carbonyl (C=O) groups excluding carboxylic acids is 2. The van der Waals surface area contributed by atoms with Crippen LogP contribution in [0.3, 0.4) is 0 Å². The Bertz CT molecular complexity index is 1050. The number of hydrogen-bond donors (Lipinski definition) is 1. The lowest BCUT2D eigenvalue weighted by Gasteiger charge is -2.29. The van der Waals surface area contributed by atoms with Crippen LogP contribution in [-0.4, -0.2) is 42.4 Å². The van der Waals surface area contributed by atoms with E-state index in [1.54, 1.807) is 6.20 Å². The summed E-state index contributed by atoms with van der Waals surface area (Å²) in [7, 11) is 0. The monoisotopic (exact) mass is 380 g/mol. The summed E-state index contributed by atoms with van der Waals surface area (Å²) in [5, 5.41) is 7.44.